The molecule has 4 rings (SSSR count). The van der Waals surface area contributed by atoms with Gasteiger partial charge in [0.15, 0.2) is 11.5 Å². The molecule has 10 heteroatoms. The molecule has 0 aliphatic heterocycles. The third-order valence-electron chi connectivity index (χ3n) is 4.57. The average Bonchev–Trinajstić information content (AvgIpc) is 3.28. The summed E-state index contributed by atoms with van der Waals surface area (Å²) in [6, 6.07) is -0.166. The SMILES string of the molecule is CNc1cn2cc(-c3c(C(C)(F)F)c(F)c(NC(C)C)c4[nH]ncc34)ncc2n1. The Labute approximate surface area is 164 Å². The molecule has 29 heavy (non-hydrogen) atoms. The van der Waals surface area contributed by atoms with Gasteiger partial charge in [0.1, 0.15) is 5.82 Å². The summed E-state index contributed by atoms with van der Waals surface area (Å²) in [6.07, 6.45) is 6.11. The van der Waals surface area contributed by atoms with Gasteiger partial charge >= 0.3 is 0 Å². The largest absolute Gasteiger partial charge is 0.379 e. The van der Waals surface area contributed by atoms with Crippen LogP contribution in [0.2, 0.25) is 0 Å². The van der Waals surface area contributed by atoms with Crippen molar-refractivity contribution in [1.82, 2.24) is 24.6 Å². The van der Waals surface area contributed by atoms with E-state index in [1.807, 2.05) is 0 Å². The van der Waals surface area contributed by atoms with Gasteiger partial charge in [-0.2, -0.15) is 5.10 Å². The number of fused-ring (bicyclic) bond motifs is 2. The molecule has 0 aliphatic carbocycles. The summed E-state index contributed by atoms with van der Waals surface area (Å²) < 4.78 is 46.3. The highest BCUT2D eigenvalue weighted by atomic mass is 19.3. The highest BCUT2D eigenvalue weighted by Gasteiger charge is 2.36. The quantitative estimate of drug-likeness (QED) is 0.461. The number of anilines is 2. The fraction of sp³-hybridized carbons (Fsp3) is 0.316. The minimum atomic E-state index is -3.44. The molecule has 0 bridgehead atoms. The smallest absolute Gasteiger partial charge is 0.274 e. The molecule has 0 aliphatic rings. The lowest BCUT2D eigenvalue weighted by atomic mass is 9.94. The van der Waals surface area contributed by atoms with E-state index in [0.717, 1.165) is 0 Å². The molecule has 0 spiro atoms. The number of benzene rings is 1. The fourth-order valence-corrected chi connectivity index (χ4v) is 3.40. The Hall–Kier alpha value is -3.30. The first kappa shape index (κ1) is 19.0. The van der Waals surface area contributed by atoms with E-state index in [1.54, 1.807) is 37.7 Å². The van der Waals surface area contributed by atoms with E-state index in [1.165, 1.54) is 12.4 Å². The van der Waals surface area contributed by atoms with E-state index in [-0.39, 0.29) is 23.0 Å². The maximum absolute atomic E-state index is 15.4. The summed E-state index contributed by atoms with van der Waals surface area (Å²) in [6.45, 7) is 4.27. The normalized spacial score (nSPS) is 12.3. The summed E-state index contributed by atoms with van der Waals surface area (Å²) in [5.41, 5.74) is 0.266. The maximum atomic E-state index is 15.4. The molecule has 0 saturated heterocycles. The average molecular weight is 403 g/mol. The van der Waals surface area contributed by atoms with Gasteiger partial charge in [0.25, 0.3) is 5.92 Å². The van der Waals surface area contributed by atoms with Gasteiger partial charge in [0, 0.05) is 37.2 Å². The van der Waals surface area contributed by atoms with Gasteiger partial charge in [-0.05, 0) is 13.8 Å². The van der Waals surface area contributed by atoms with E-state index in [4.69, 9.17) is 0 Å². The van der Waals surface area contributed by atoms with Gasteiger partial charge in [-0.3, -0.25) is 10.1 Å². The van der Waals surface area contributed by atoms with Crippen LogP contribution in [0.1, 0.15) is 26.3 Å². The number of halogens is 3. The molecule has 0 radical (unpaired) electrons. The molecule has 1 aromatic carbocycles. The van der Waals surface area contributed by atoms with Crippen molar-refractivity contribution in [2.75, 3.05) is 17.7 Å². The topological polar surface area (TPSA) is 82.9 Å². The summed E-state index contributed by atoms with van der Waals surface area (Å²) in [5, 5.41) is 12.9. The summed E-state index contributed by atoms with van der Waals surface area (Å²) in [5.74, 6) is -3.87. The number of H-pyrrole nitrogens is 1. The van der Waals surface area contributed by atoms with E-state index >= 15 is 4.39 Å². The third-order valence-corrected chi connectivity index (χ3v) is 4.57. The Balaban J connectivity index is 2.07. The Morgan fingerprint density at radius 2 is 1.97 bits per heavy atom. The number of hydrogen-bond donors (Lipinski definition) is 3. The number of hydrogen-bond acceptors (Lipinski definition) is 5. The van der Waals surface area contributed by atoms with Crippen molar-refractivity contribution in [3.8, 4) is 11.3 Å². The summed E-state index contributed by atoms with van der Waals surface area (Å²) >= 11 is 0. The van der Waals surface area contributed by atoms with Gasteiger partial charge in [0.2, 0.25) is 0 Å². The van der Waals surface area contributed by atoms with Crippen LogP contribution in [0.3, 0.4) is 0 Å². The number of alkyl halides is 2. The predicted molar refractivity (Wildman–Crippen MR) is 106 cm³/mol. The summed E-state index contributed by atoms with van der Waals surface area (Å²) in [4.78, 5) is 8.58. The Morgan fingerprint density at radius 1 is 1.21 bits per heavy atom. The van der Waals surface area contributed by atoms with Gasteiger partial charge in [-0.15, -0.1) is 0 Å². The number of rotatable bonds is 5. The molecule has 152 valence electrons. The molecule has 7 nitrogen and oxygen atoms in total. The van der Waals surface area contributed by atoms with Crippen LogP contribution in [0.5, 0.6) is 0 Å². The van der Waals surface area contributed by atoms with Gasteiger partial charge in [0.05, 0.1) is 41.1 Å². The zero-order chi connectivity index (χ0) is 20.9. The zero-order valence-electron chi connectivity index (χ0n) is 16.3. The van der Waals surface area contributed by atoms with Crippen molar-refractivity contribution < 1.29 is 13.2 Å². The summed E-state index contributed by atoms with van der Waals surface area (Å²) in [7, 11) is 1.72. The lowest BCUT2D eigenvalue weighted by Crippen LogP contribution is -2.18. The minimum absolute atomic E-state index is 0.00494. The number of aromatic nitrogens is 5. The molecule has 0 unspecified atom stereocenters. The first-order valence-electron chi connectivity index (χ1n) is 9.07. The zero-order valence-corrected chi connectivity index (χ0v) is 16.3. The lowest BCUT2D eigenvalue weighted by Gasteiger charge is -2.21. The third kappa shape index (κ3) is 3.14. The van der Waals surface area contributed by atoms with Crippen molar-refractivity contribution in [3.63, 3.8) is 0 Å². The van der Waals surface area contributed by atoms with Crippen LogP contribution in [0.4, 0.5) is 24.7 Å². The molecule has 0 atom stereocenters. The standard InChI is InChI=1S/C19H20F3N7/c1-9(2)26-18-16(20)15(19(3,21)22)14(10-5-25-28-17(10)18)11-7-29-8-12(23-4)27-13(29)6-24-11/h5-9,23,26H,1-4H3,(H,25,28). The molecular formula is C19H20F3N7. The number of nitrogens with one attached hydrogen (secondary N) is 3. The second-order valence-corrected chi connectivity index (χ2v) is 7.20. The minimum Gasteiger partial charge on any atom is -0.379 e. The molecule has 3 heterocycles. The highest BCUT2D eigenvalue weighted by Crippen LogP contribution is 2.44. The Morgan fingerprint density at radius 3 is 2.62 bits per heavy atom. The molecule has 0 saturated carbocycles. The number of aromatic amines is 1. The van der Waals surface area contributed by atoms with Gasteiger partial charge < -0.3 is 15.0 Å². The Bertz CT molecular complexity index is 1200. The van der Waals surface area contributed by atoms with Crippen molar-refractivity contribution in [2.24, 2.45) is 0 Å². The van der Waals surface area contributed by atoms with E-state index in [2.05, 4.69) is 30.8 Å². The number of imidazole rings is 1. The second kappa shape index (κ2) is 6.64. The van der Waals surface area contributed by atoms with E-state index < -0.39 is 17.3 Å². The van der Waals surface area contributed by atoms with Crippen molar-refractivity contribution in [1.29, 1.82) is 0 Å². The predicted octanol–water partition coefficient (Wildman–Crippen LogP) is 4.39. The molecule has 0 fully saturated rings. The monoisotopic (exact) mass is 403 g/mol. The molecule has 0 amide bonds. The van der Waals surface area contributed by atoms with Crippen LogP contribution >= 0.6 is 0 Å². The van der Waals surface area contributed by atoms with Crippen LogP contribution in [0, 0.1) is 5.82 Å². The second-order valence-electron chi connectivity index (χ2n) is 7.20. The van der Waals surface area contributed by atoms with Crippen LogP contribution in [0.25, 0.3) is 27.8 Å². The lowest BCUT2D eigenvalue weighted by molar-refractivity contribution is 0.0146. The molecule has 3 aromatic heterocycles. The molecule has 3 N–H and O–H groups in total. The van der Waals surface area contributed by atoms with Crippen molar-refractivity contribution in [3.05, 3.63) is 36.2 Å². The van der Waals surface area contributed by atoms with E-state index in [0.29, 0.717) is 29.3 Å². The number of nitrogens with zero attached hydrogens (tertiary/aromatic N) is 4. The van der Waals surface area contributed by atoms with Crippen LogP contribution in [-0.2, 0) is 5.92 Å². The van der Waals surface area contributed by atoms with Crippen LogP contribution < -0.4 is 10.6 Å². The van der Waals surface area contributed by atoms with E-state index in [9.17, 15) is 8.78 Å². The maximum Gasteiger partial charge on any atom is 0.274 e. The fourth-order valence-electron chi connectivity index (χ4n) is 3.40. The first-order chi connectivity index (χ1) is 13.7. The van der Waals surface area contributed by atoms with Gasteiger partial charge in [-0.1, -0.05) is 0 Å². The van der Waals surface area contributed by atoms with Crippen molar-refractivity contribution in [2.45, 2.75) is 32.7 Å². The van der Waals surface area contributed by atoms with Crippen LogP contribution in [0.15, 0.2) is 24.8 Å². The first-order valence-corrected chi connectivity index (χ1v) is 9.07. The van der Waals surface area contributed by atoms with Crippen LogP contribution in [-0.4, -0.2) is 37.7 Å². The highest BCUT2D eigenvalue weighted by molar-refractivity contribution is 6.02. The van der Waals surface area contributed by atoms with Crippen molar-refractivity contribution >= 4 is 28.1 Å². The Kier molecular flexibility index (Phi) is 4.36. The van der Waals surface area contributed by atoms with Gasteiger partial charge in [-0.25, -0.2) is 18.2 Å². The molecule has 4 aromatic rings. The molecular weight excluding hydrogens is 383 g/mol.